The second-order valence-corrected chi connectivity index (χ2v) is 4.36. The summed E-state index contributed by atoms with van der Waals surface area (Å²) in [5, 5.41) is 0. The summed E-state index contributed by atoms with van der Waals surface area (Å²) in [6.07, 6.45) is 4.83. The van der Waals surface area contributed by atoms with Gasteiger partial charge in [0, 0.05) is 19.3 Å². The van der Waals surface area contributed by atoms with E-state index >= 15 is 0 Å². The van der Waals surface area contributed by atoms with Crippen molar-refractivity contribution in [3.8, 4) is 0 Å². The predicted octanol–water partition coefficient (Wildman–Crippen LogP) is 0.750. The third-order valence-electron chi connectivity index (χ3n) is 2.82. The Morgan fingerprint density at radius 1 is 1.60 bits per heavy atom. The highest BCUT2D eigenvalue weighted by Crippen LogP contribution is 2.17. The summed E-state index contributed by atoms with van der Waals surface area (Å²) in [7, 11) is 0. The molecule has 0 aromatic carbocycles. The lowest BCUT2D eigenvalue weighted by molar-refractivity contribution is -0.126. The topological polar surface area (TPSA) is 44.4 Å². The molecule has 1 fully saturated rings. The van der Waals surface area contributed by atoms with Crippen LogP contribution >= 0.6 is 0 Å². The number of nitrogens with zero attached hydrogens (tertiary/aromatic N) is 1. The number of likely N-dealkylation sites (tertiary alicyclic amines) is 1. The maximum Gasteiger partial charge on any atom is 0.271 e. The molecule has 2 aliphatic rings. The van der Waals surface area contributed by atoms with Crippen LogP contribution in [0.2, 0.25) is 0 Å². The van der Waals surface area contributed by atoms with Crippen molar-refractivity contribution < 1.29 is 4.79 Å². The lowest BCUT2D eigenvalue weighted by atomic mass is 10.2. The van der Waals surface area contributed by atoms with E-state index < -0.39 is 0 Å². The van der Waals surface area contributed by atoms with Crippen molar-refractivity contribution in [2.75, 3.05) is 13.1 Å². The Morgan fingerprint density at radius 3 is 3.00 bits per heavy atom. The van der Waals surface area contributed by atoms with Gasteiger partial charge in [0.15, 0.2) is 0 Å². The first-order valence-electron chi connectivity index (χ1n) is 5.36. The van der Waals surface area contributed by atoms with Crippen LogP contribution in [0.5, 0.6) is 0 Å². The summed E-state index contributed by atoms with van der Waals surface area (Å²) in [6.45, 7) is 5.90. The van der Waals surface area contributed by atoms with Crippen LogP contribution in [-0.2, 0) is 4.79 Å². The van der Waals surface area contributed by atoms with Crippen molar-refractivity contribution >= 4 is 5.91 Å². The van der Waals surface area contributed by atoms with Crippen LogP contribution in [-0.4, -0.2) is 23.9 Å². The van der Waals surface area contributed by atoms with E-state index in [1.165, 1.54) is 0 Å². The Hall–Kier alpha value is -1.45. The summed E-state index contributed by atoms with van der Waals surface area (Å²) < 4.78 is 0. The second kappa shape index (κ2) is 3.96. The molecule has 0 aromatic rings. The molecule has 0 aromatic heterocycles. The minimum atomic E-state index is 0.0966. The van der Waals surface area contributed by atoms with Gasteiger partial charge in [0.2, 0.25) is 0 Å². The average molecular weight is 207 g/mol. The average Bonchev–Trinajstić information content (AvgIpc) is 2.64. The minimum Gasteiger partial charge on any atom is -0.337 e. The molecule has 2 aliphatic heterocycles. The van der Waals surface area contributed by atoms with Gasteiger partial charge in [-0.15, -0.1) is 0 Å². The van der Waals surface area contributed by atoms with Crippen LogP contribution in [0.4, 0.5) is 0 Å². The van der Waals surface area contributed by atoms with E-state index in [0.717, 1.165) is 25.1 Å². The minimum absolute atomic E-state index is 0.0966. The summed E-state index contributed by atoms with van der Waals surface area (Å²) in [5.74, 6) is 0.724. The highest BCUT2D eigenvalue weighted by atomic mass is 16.2. The highest BCUT2D eigenvalue weighted by Gasteiger charge is 2.25. The van der Waals surface area contributed by atoms with Crippen LogP contribution in [0.15, 0.2) is 23.5 Å². The molecule has 2 heterocycles. The summed E-state index contributed by atoms with van der Waals surface area (Å²) in [4.78, 5) is 13.9. The van der Waals surface area contributed by atoms with Gasteiger partial charge in [-0.3, -0.25) is 10.2 Å². The Morgan fingerprint density at radius 2 is 2.40 bits per heavy atom. The third-order valence-corrected chi connectivity index (χ3v) is 2.82. The van der Waals surface area contributed by atoms with Crippen LogP contribution in [0.1, 0.15) is 20.3 Å². The fraction of sp³-hybridized carbons (Fsp3) is 0.545. The van der Waals surface area contributed by atoms with Crippen molar-refractivity contribution in [2.45, 2.75) is 20.3 Å². The first kappa shape index (κ1) is 10.1. The van der Waals surface area contributed by atoms with Gasteiger partial charge in [0.05, 0.1) is 0 Å². The summed E-state index contributed by atoms with van der Waals surface area (Å²) in [5.41, 5.74) is 7.46. The Bertz CT molecular complexity index is 333. The number of nitrogens with one attached hydrogen (secondary N) is 2. The van der Waals surface area contributed by atoms with E-state index in [0.29, 0.717) is 11.6 Å². The van der Waals surface area contributed by atoms with Crippen LogP contribution in [0.3, 0.4) is 0 Å². The molecular formula is C11H17N3O. The molecule has 1 amide bonds. The normalized spacial score (nSPS) is 25.2. The highest BCUT2D eigenvalue weighted by molar-refractivity contribution is 5.93. The number of allylic oxidation sites excluding steroid dienone is 2. The van der Waals surface area contributed by atoms with Gasteiger partial charge >= 0.3 is 0 Å². The first-order chi connectivity index (χ1) is 7.16. The summed E-state index contributed by atoms with van der Waals surface area (Å²) in [6, 6.07) is 0. The lowest BCUT2D eigenvalue weighted by Crippen LogP contribution is -2.40. The van der Waals surface area contributed by atoms with Gasteiger partial charge in [0.1, 0.15) is 5.70 Å². The van der Waals surface area contributed by atoms with E-state index in [9.17, 15) is 4.79 Å². The molecule has 0 bridgehead atoms. The smallest absolute Gasteiger partial charge is 0.271 e. The Labute approximate surface area is 90.0 Å². The van der Waals surface area contributed by atoms with E-state index in [4.69, 9.17) is 0 Å². The quantitative estimate of drug-likeness (QED) is 0.667. The molecule has 1 unspecified atom stereocenters. The maximum atomic E-state index is 12.0. The Kier molecular flexibility index (Phi) is 2.66. The van der Waals surface area contributed by atoms with Gasteiger partial charge in [-0.25, -0.2) is 0 Å². The molecule has 1 saturated heterocycles. The second-order valence-electron chi connectivity index (χ2n) is 4.36. The third kappa shape index (κ3) is 2.14. The molecule has 2 N–H and O–H groups in total. The molecule has 0 aliphatic carbocycles. The van der Waals surface area contributed by atoms with Crippen molar-refractivity contribution in [1.29, 1.82) is 0 Å². The standard InChI is InChI=1S/C11H17N3O/c1-8-3-4-14(7-8)11(15)10-5-9(2)6-12-13-10/h5-6,8,12-13H,3-4,7H2,1-2H3. The predicted molar refractivity (Wildman–Crippen MR) is 58.5 cm³/mol. The maximum absolute atomic E-state index is 12.0. The lowest BCUT2D eigenvalue weighted by Gasteiger charge is -2.21. The first-order valence-corrected chi connectivity index (χ1v) is 5.36. The zero-order chi connectivity index (χ0) is 10.8. The Balaban J connectivity index is 2.05. The number of carbonyl (C=O) groups is 1. The summed E-state index contributed by atoms with van der Waals surface area (Å²) >= 11 is 0. The van der Waals surface area contributed by atoms with E-state index in [1.54, 1.807) is 0 Å². The SMILES string of the molecule is CC1=CNNC(C(=O)N2CCC(C)C2)=C1. The zero-order valence-corrected chi connectivity index (χ0v) is 9.21. The van der Waals surface area contributed by atoms with E-state index in [1.807, 2.05) is 24.1 Å². The molecule has 15 heavy (non-hydrogen) atoms. The number of amides is 1. The molecule has 2 rings (SSSR count). The van der Waals surface area contributed by atoms with Crippen molar-refractivity contribution in [2.24, 2.45) is 5.92 Å². The van der Waals surface area contributed by atoms with Crippen molar-refractivity contribution in [1.82, 2.24) is 15.8 Å². The largest absolute Gasteiger partial charge is 0.337 e. The van der Waals surface area contributed by atoms with Crippen molar-refractivity contribution in [3.05, 3.63) is 23.5 Å². The van der Waals surface area contributed by atoms with Gasteiger partial charge in [-0.05, 0) is 30.9 Å². The van der Waals surface area contributed by atoms with Gasteiger partial charge < -0.3 is 10.3 Å². The number of carbonyl (C=O) groups excluding carboxylic acids is 1. The molecule has 1 atom stereocenters. The number of hydrazine groups is 1. The molecule has 4 heteroatoms. The molecular weight excluding hydrogens is 190 g/mol. The number of hydrogen-bond acceptors (Lipinski definition) is 3. The molecule has 0 saturated carbocycles. The fourth-order valence-corrected chi connectivity index (χ4v) is 1.94. The van der Waals surface area contributed by atoms with Gasteiger partial charge in [-0.1, -0.05) is 6.92 Å². The van der Waals surface area contributed by atoms with Crippen LogP contribution in [0, 0.1) is 5.92 Å². The monoisotopic (exact) mass is 207 g/mol. The number of hydrogen-bond donors (Lipinski definition) is 2. The zero-order valence-electron chi connectivity index (χ0n) is 9.21. The molecule has 82 valence electrons. The number of rotatable bonds is 1. The molecule has 0 radical (unpaired) electrons. The van der Waals surface area contributed by atoms with E-state index in [2.05, 4.69) is 17.8 Å². The fourth-order valence-electron chi connectivity index (χ4n) is 1.94. The van der Waals surface area contributed by atoms with Gasteiger partial charge in [-0.2, -0.15) is 0 Å². The van der Waals surface area contributed by atoms with E-state index in [-0.39, 0.29) is 5.91 Å². The van der Waals surface area contributed by atoms with Crippen molar-refractivity contribution in [3.63, 3.8) is 0 Å². The van der Waals surface area contributed by atoms with Crippen LogP contribution in [0.25, 0.3) is 0 Å². The van der Waals surface area contributed by atoms with Crippen LogP contribution < -0.4 is 10.9 Å². The van der Waals surface area contributed by atoms with Gasteiger partial charge in [0.25, 0.3) is 5.91 Å². The molecule has 4 nitrogen and oxygen atoms in total. The molecule has 0 spiro atoms.